The van der Waals surface area contributed by atoms with Crippen molar-refractivity contribution in [1.82, 2.24) is 15.1 Å². The molecular formula is C14H16BrN3. The molecule has 0 spiro atoms. The minimum Gasteiger partial charge on any atom is -0.301 e. The van der Waals surface area contributed by atoms with Crippen molar-refractivity contribution in [2.24, 2.45) is 0 Å². The molecule has 4 heteroatoms. The maximum atomic E-state index is 4.46. The lowest BCUT2D eigenvalue weighted by Gasteiger charge is -2.18. The first-order chi connectivity index (χ1) is 8.68. The average molecular weight is 306 g/mol. The van der Waals surface area contributed by atoms with Crippen molar-refractivity contribution in [3.8, 4) is 0 Å². The van der Waals surface area contributed by atoms with E-state index in [1.165, 1.54) is 16.8 Å². The number of hydrogen-bond acceptors (Lipinski definition) is 2. The Bertz CT molecular complexity index is 574. The van der Waals surface area contributed by atoms with Gasteiger partial charge in [-0.3, -0.25) is 4.68 Å². The van der Waals surface area contributed by atoms with Gasteiger partial charge < -0.3 is 5.32 Å². The Labute approximate surface area is 115 Å². The second kappa shape index (κ2) is 4.52. The van der Waals surface area contributed by atoms with E-state index in [9.17, 15) is 0 Å². The number of benzene rings is 1. The molecule has 3 nitrogen and oxygen atoms in total. The summed E-state index contributed by atoms with van der Waals surface area (Å²) in [4.78, 5) is 0. The van der Waals surface area contributed by atoms with Gasteiger partial charge in [0.1, 0.15) is 0 Å². The van der Waals surface area contributed by atoms with E-state index in [0.29, 0.717) is 6.04 Å². The molecule has 0 saturated heterocycles. The summed E-state index contributed by atoms with van der Waals surface area (Å²) in [6.45, 7) is 5.24. The SMILES string of the molecule is CC(C)n1ncc(Br)c1C1NCc2ccccc21. The molecule has 1 atom stereocenters. The minimum absolute atomic E-state index is 0.237. The van der Waals surface area contributed by atoms with Crippen LogP contribution in [0.2, 0.25) is 0 Å². The molecule has 0 fully saturated rings. The van der Waals surface area contributed by atoms with Crippen LogP contribution in [-0.2, 0) is 6.54 Å². The molecule has 2 aromatic rings. The largest absolute Gasteiger partial charge is 0.301 e. The van der Waals surface area contributed by atoms with E-state index in [2.05, 4.69) is 69.1 Å². The van der Waals surface area contributed by atoms with Crippen LogP contribution in [-0.4, -0.2) is 9.78 Å². The molecule has 0 aliphatic carbocycles. The molecule has 1 N–H and O–H groups in total. The van der Waals surface area contributed by atoms with Crippen molar-refractivity contribution >= 4 is 15.9 Å². The zero-order valence-corrected chi connectivity index (χ0v) is 12.1. The van der Waals surface area contributed by atoms with Crippen molar-refractivity contribution in [1.29, 1.82) is 0 Å². The Balaban J connectivity index is 2.10. The molecule has 0 radical (unpaired) electrons. The lowest BCUT2D eigenvalue weighted by Crippen LogP contribution is -2.19. The highest BCUT2D eigenvalue weighted by atomic mass is 79.9. The lowest BCUT2D eigenvalue weighted by atomic mass is 10.0. The van der Waals surface area contributed by atoms with Crippen LogP contribution in [0.5, 0.6) is 0 Å². The third-order valence-corrected chi connectivity index (χ3v) is 4.02. The van der Waals surface area contributed by atoms with Gasteiger partial charge >= 0.3 is 0 Å². The van der Waals surface area contributed by atoms with Crippen LogP contribution in [0.4, 0.5) is 0 Å². The Morgan fingerprint density at radius 1 is 1.39 bits per heavy atom. The van der Waals surface area contributed by atoms with Crippen LogP contribution in [0.25, 0.3) is 0 Å². The number of fused-ring (bicyclic) bond motifs is 1. The van der Waals surface area contributed by atoms with E-state index < -0.39 is 0 Å². The second-order valence-electron chi connectivity index (χ2n) is 4.93. The van der Waals surface area contributed by atoms with Crippen LogP contribution in [0, 0.1) is 0 Å². The molecule has 0 amide bonds. The first kappa shape index (κ1) is 11.9. The van der Waals surface area contributed by atoms with Gasteiger partial charge in [0.15, 0.2) is 0 Å². The Morgan fingerprint density at radius 3 is 2.94 bits per heavy atom. The molecule has 18 heavy (non-hydrogen) atoms. The van der Waals surface area contributed by atoms with Gasteiger partial charge in [0.25, 0.3) is 0 Å². The van der Waals surface area contributed by atoms with Gasteiger partial charge in [-0.25, -0.2) is 0 Å². The van der Waals surface area contributed by atoms with Gasteiger partial charge in [0, 0.05) is 12.6 Å². The van der Waals surface area contributed by atoms with E-state index in [-0.39, 0.29) is 6.04 Å². The summed E-state index contributed by atoms with van der Waals surface area (Å²) < 4.78 is 3.16. The molecule has 1 aromatic heterocycles. The van der Waals surface area contributed by atoms with Gasteiger partial charge in [0.05, 0.1) is 22.4 Å². The van der Waals surface area contributed by atoms with Crippen molar-refractivity contribution in [2.45, 2.75) is 32.5 Å². The van der Waals surface area contributed by atoms with Crippen LogP contribution in [0.15, 0.2) is 34.9 Å². The monoisotopic (exact) mass is 305 g/mol. The van der Waals surface area contributed by atoms with Gasteiger partial charge in [-0.05, 0) is 40.9 Å². The molecule has 1 aromatic carbocycles. The number of halogens is 1. The third kappa shape index (κ3) is 1.80. The molecule has 1 aliphatic heterocycles. The van der Waals surface area contributed by atoms with E-state index in [1.807, 2.05) is 6.20 Å². The van der Waals surface area contributed by atoms with Crippen LogP contribution < -0.4 is 5.32 Å². The van der Waals surface area contributed by atoms with E-state index in [1.54, 1.807) is 0 Å². The number of rotatable bonds is 2. The number of aromatic nitrogens is 2. The van der Waals surface area contributed by atoms with Gasteiger partial charge in [0.2, 0.25) is 0 Å². The quantitative estimate of drug-likeness (QED) is 0.921. The van der Waals surface area contributed by atoms with E-state index in [4.69, 9.17) is 0 Å². The Kier molecular flexibility index (Phi) is 2.99. The van der Waals surface area contributed by atoms with Gasteiger partial charge in [-0.2, -0.15) is 5.10 Å². The summed E-state index contributed by atoms with van der Waals surface area (Å²) in [7, 11) is 0. The normalized spacial score (nSPS) is 18.3. The molecule has 1 aliphatic rings. The van der Waals surface area contributed by atoms with E-state index in [0.717, 1.165) is 11.0 Å². The Hall–Kier alpha value is -1.13. The topological polar surface area (TPSA) is 29.9 Å². The molecular weight excluding hydrogens is 290 g/mol. The summed E-state index contributed by atoms with van der Waals surface area (Å²) >= 11 is 3.62. The molecule has 1 unspecified atom stereocenters. The van der Waals surface area contributed by atoms with Crippen molar-refractivity contribution in [3.63, 3.8) is 0 Å². The van der Waals surface area contributed by atoms with Crippen molar-refractivity contribution < 1.29 is 0 Å². The van der Waals surface area contributed by atoms with Crippen LogP contribution in [0.1, 0.15) is 42.8 Å². The predicted molar refractivity (Wildman–Crippen MR) is 75.4 cm³/mol. The molecule has 0 saturated carbocycles. The first-order valence-electron chi connectivity index (χ1n) is 6.22. The Morgan fingerprint density at radius 2 is 2.17 bits per heavy atom. The zero-order chi connectivity index (χ0) is 12.7. The lowest BCUT2D eigenvalue weighted by molar-refractivity contribution is 0.482. The standard InChI is InChI=1S/C14H16BrN3/c1-9(2)18-14(12(15)8-17-18)13-11-6-4-3-5-10(11)7-16-13/h3-6,8-9,13,16H,7H2,1-2H3. The predicted octanol–water partition coefficient (Wildman–Crippen LogP) is 3.42. The number of hydrogen-bond donors (Lipinski definition) is 1. The zero-order valence-electron chi connectivity index (χ0n) is 10.5. The summed E-state index contributed by atoms with van der Waals surface area (Å²) in [5.41, 5.74) is 3.96. The highest BCUT2D eigenvalue weighted by Gasteiger charge is 2.28. The van der Waals surface area contributed by atoms with Crippen LogP contribution in [0.3, 0.4) is 0 Å². The fourth-order valence-corrected chi connectivity index (χ4v) is 3.08. The fraction of sp³-hybridized carbons (Fsp3) is 0.357. The fourth-order valence-electron chi connectivity index (χ4n) is 2.58. The van der Waals surface area contributed by atoms with Crippen molar-refractivity contribution in [2.75, 3.05) is 0 Å². The maximum Gasteiger partial charge on any atom is 0.0765 e. The molecule has 2 heterocycles. The molecule has 0 bridgehead atoms. The second-order valence-corrected chi connectivity index (χ2v) is 5.78. The average Bonchev–Trinajstić information content (AvgIpc) is 2.92. The van der Waals surface area contributed by atoms with Crippen LogP contribution >= 0.6 is 15.9 Å². The number of nitrogens with zero attached hydrogens (tertiary/aromatic N) is 2. The summed E-state index contributed by atoms with van der Waals surface area (Å²) in [6, 6.07) is 9.18. The highest BCUT2D eigenvalue weighted by Crippen LogP contribution is 2.35. The first-order valence-corrected chi connectivity index (χ1v) is 7.02. The van der Waals surface area contributed by atoms with Crippen molar-refractivity contribution in [3.05, 3.63) is 51.8 Å². The smallest absolute Gasteiger partial charge is 0.0765 e. The van der Waals surface area contributed by atoms with Gasteiger partial charge in [-0.1, -0.05) is 24.3 Å². The summed E-state index contributed by atoms with van der Waals surface area (Å²) in [5, 5.41) is 8.03. The third-order valence-electron chi connectivity index (χ3n) is 3.41. The van der Waals surface area contributed by atoms with Gasteiger partial charge in [-0.15, -0.1) is 0 Å². The highest BCUT2D eigenvalue weighted by molar-refractivity contribution is 9.10. The van der Waals surface area contributed by atoms with E-state index >= 15 is 0 Å². The maximum absolute atomic E-state index is 4.46. The summed E-state index contributed by atoms with van der Waals surface area (Å²) in [5.74, 6) is 0. The number of nitrogens with one attached hydrogen (secondary N) is 1. The molecule has 94 valence electrons. The molecule has 3 rings (SSSR count). The minimum atomic E-state index is 0.237. The summed E-state index contributed by atoms with van der Waals surface area (Å²) in [6.07, 6.45) is 1.89.